The fourth-order valence-electron chi connectivity index (χ4n) is 2.46. The summed E-state index contributed by atoms with van der Waals surface area (Å²) in [4.78, 5) is 22.6. The SMILES string of the molecule is CC1(C(=O)Nc2cc([N+](=O)[O-])ccc2Cl)CCCC1N. The average Bonchev–Trinajstić information content (AvgIpc) is 2.73. The van der Waals surface area contributed by atoms with Crippen LogP contribution in [0.5, 0.6) is 0 Å². The van der Waals surface area contributed by atoms with Crippen molar-refractivity contribution in [2.24, 2.45) is 11.1 Å². The van der Waals surface area contributed by atoms with E-state index in [0.29, 0.717) is 6.42 Å². The number of rotatable bonds is 3. The number of carbonyl (C=O) groups excluding carboxylic acids is 1. The van der Waals surface area contributed by atoms with E-state index in [9.17, 15) is 14.9 Å². The molecule has 1 saturated carbocycles. The minimum Gasteiger partial charge on any atom is -0.327 e. The lowest BCUT2D eigenvalue weighted by molar-refractivity contribution is -0.384. The van der Waals surface area contributed by atoms with E-state index in [-0.39, 0.29) is 28.3 Å². The highest BCUT2D eigenvalue weighted by Gasteiger charge is 2.43. The van der Waals surface area contributed by atoms with Crippen LogP contribution < -0.4 is 11.1 Å². The quantitative estimate of drug-likeness (QED) is 0.662. The van der Waals surface area contributed by atoms with E-state index < -0.39 is 10.3 Å². The molecular formula is C13H16ClN3O3. The number of nitrogens with zero attached hydrogens (tertiary/aromatic N) is 1. The molecule has 0 saturated heterocycles. The summed E-state index contributed by atoms with van der Waals surface area (Å²) in [7, 11) is 0. The molecule has 0 radical (unpaired) electrons. The van der Waals surface area contributed by atoms with Gasteiger partial charge >= 0.3 is 0 Å². The van der Waals surface area contributed by atoms with E-state index in [1.54, 1.807) is 0 Å². The molecule has 20 heavy (non-hydrogen) atoms. The highest BCUT2D eigenvalue weighted by atomic mass is 35.5. The van der Waals surface area contributed by atoms with Gasteiger partial charge in [-0.3, -0.25) is 14.9 Å². The van der Waals surface area contributed by atoms with Crippen molar-refractivity contribution in [2.45, 2.75) is 32.2 Å². The van der Waals surface area contributed by atoms with Crippen molar-refractivity contribution in [3.63, 3.8) is 0 Å². The lowest BCUT2D eigenvalue weighted by Gasteiger charge is -2.27. The summed E-state index contributed by atoms with van der Waals surface area (Å²) in [6.07, 6.45) is 2.40. The number of nitro groups is 1. The van der Waals surface area contributed by atoms with Gasteiger partial charge in [0.25, 0.3) is 5.69 Å². The van der Waals surface area contributed by atoms with Gasteiger partial charge in [-0.2, -0.15) is 0 Å². The number of halogens is 1. The molecule has 6 nitrogen and oxygen atoms in total. The van der Waals surface area contributed by atoms with Gasteiger partial charge < -0.3 is 11.1 Å². The van der Waals surface area contributed by atoms with Crippen LogP contribution in [-0.2, 0) is 4.79 Å². The summed E-state index contributed by atoms with van der Waals surface area (Å²) in [5.41, 5.74) is 5.45. The van der Waals surface area contributed by atoms with Gasteiger partial charge in [0, 0.05) is 18.2 Å². The van der Waals surface area contributed by atoms with Gasteiger partial charge in [-0.15, -0.1) is 0 Å². The number of hydrogen-bond donors (Lipinski definition) is 2. The summed E-state index contributed by atoms with van der Waals surface area (Å²) < 4.78 is 0. The van der Waals surface area contributed by atoms with Crippen molar-refractivity contribution in [3.8, 4) is 0 Å². The third kappa shape index (κ3) is 2.62. The normalized spacial score (nSPS) is 25.4. The van der Waals surface area contributed by atoms with Crippen LogP contribution in [0.1, 0.15) is 26.2 Å². The number of non-ortho nitro benzene ring substituents is 1. The molecule has 2 atom stereocenters. The fraction of sp³-hybridized carbons (Fsp3) is 0.462. The predicted octanol–water partition coefficient (Wildman–Crippen LogP) is 2.70. The number of hydrogen-bond acceptors (Lipinski definition) is 4. The van der Waals surface area contributed by atoms with Crippen molar-refractivity contribution < 1.29 is 9.72 Å². The van der Waals surface area contributed by atoms with Gasteiger partial charge in [0.1, 0.15) is 0 Å². The van der Waals surface area contributed by atoms with Crippen molar-refractivity contribution in [3.05, 3.63) is 33.3 Å². The maximum atomic E-state index is 12.4. The Bertz CT molecular complexity index is 564. The largest absolute Gasteiger partial charge is 0.327 e. The van der Waals surface area contributed by atoms with Crippen LogP contribution in [0.3, 0.4) is 0 Å². The summed E-state index contributed by atoms with van der Waals surface area (Å²) in [5, 5.41) is 13.7. The number of amides is 1. The number of nitrogens with one attached hydrogen (secondary N) is 1. The zero-order valence-corrected chi connectivity index (χ0v) is 11.8. The van der Waals surface area contributed by atoms with E-state index in [1.165, 1.54) is 18.2 Å². The maximum Gasteiger partial charge on any atom is 0.271 e. The minimum atomic E-state index is -0.659. The molecule has 0 heterocycles. The van der Waals surface area contributed by atoms with Crippen LogP contribution in [0, 0.1) is 15.5 Å². The minimum absolute atomic E-state index is 0.120. The fourth-order valence-corrected chi connectivity index (χ4v) is 2.63. The molecule has 0 bridgehead atoms. The van der Waals surface area contributed by atoms with Crippen LogP contribution in [0.4, 0.5) is 11.4 Å². The van der Waals surface area contributed by atoms with Crippen LogP contribution in [0.2, 0.25) is 5.02 Å². The second-order valence-corrected chi connectivity index (χ2v) is 5.70. The molecule has 1 aromatic rings. The Labute approximate surface area is 121 Å². The van der Waals surface area contributed by atoms with E-state index in [1.807, 2.05) is 6.92 Å². The summed E-state index contributed by atoms with van der Waals surface area (Å²) >= 11 is 5.96. The molecule has 7 heteroatoms. The number of carbonyl (C=O) groups is 1. The standard InChI is InChI=1S/C13H16ClN3O3/c1-13(6-2-3-11(13)15)12(18)16-10-7-8(17(19)20)4-5-9(10)14/h4-5,7,11H,2-3,6,15H2,1H3,(H,16,18). The van der Waals surface area contributed by atoms with Gasteiger partial charge in [-0.25, -0.2) is 0 Å². The molecule has 0 aliphatic heterocycles. The van der Waals surface area contributed by atoms with E-state index in [0.717, 1.165) is 12.8 Å². The molecule has 1 aliphatic rings. The van der Waals surface area contributed by atoms with E-state index >= 15 is 0 Å². The van der Waals surface area contributed by atoms with Gasteiger partial charge in [-0.05, 0) is 25.8 Å². The topological polar surface area (TPSA) is 98.3 Å². The maximum absolute atomic E-state index is 12.4. The van der Waals surface area contributed by atoms with Gasteiger partial charge in [0.05, 0.1) is 21.0 Å². The lowest BCUT2D eigenvalue weighted by atomic mass is 9.84. The molecule has 0 spiro atoms. The molecule has 3 N–H and O–H groups in total. The molecule has 1 fully saturated rings. The van der Waals surface area contributed by atoms with Gasteiger partial charge in [0.15, 0.2) is 0 Å². The van der Waals surface area contributed by atoms with Crippen LogP contribution in [-0.4, -0.2) is 16.9 Å². The van der Waals surface area contributed by atoms with Crippen LogP contribution >= 0.6 is 11.6 Å². The molecular weight excluding hydrogens is 282 g/mol. The molecule has 2 unspecified atom stereocenters. The third-order valence-electron chi connectivity index (χ3n) is 3.96. The lowest BCUT2D eigenvalue weighted by Crippen LogP contribution is -2.44. The zero-order valence-electron chi connectivity index (χ0n) is 11.1. The second kappa shape index (κ2) is 5.38. The van der Waals surface area contributed by atoms with E-state index in [4.69, 9.17) is 17.3 Å². The van der Waals surface area contributed by atoms with Crippen LogP contribution in [0.25, 0.3) is 0 Å². The predicted molar refractivity (Wildman–Crippen MR) is 76.7 cm³/mol. The van der Waals surface area contributed by atoms with Crippen molar-refractivity contribution in [1.82, 2.24) is 0 Å². The number of anilines is 1. The van der Waals surface area contributed by atoms with Crippen molar-refractivity contribution in [1.29, 1.82) is 0 Å². The first-order chi connectivity index (χ1) is 9.34. The Hall–Kier alpha value is -1.66. The first kappa shape index (κ1) is 14.7. The van der Waals surface area contributed by atoms with Gasteiger partial charge in [0.2, 0.25) is 5.91 Å². The summed E-state index contributed by atoms with van der Waals surface area (Å²) in [5.74, 6) is -0.245. The molecule has 108 valence electrons. The molecule has 1 aromatic carbocycles. The number of nitro benzene ring substituents is 1. The molecule has 1 amide bonds. The van der Waals surface area contributed by atoms with E-state index in [2.05, 4.69) is 5.32 Å². The van der Waals surface area contributed by atoms with Gasteiger partial charge in [-0.1, -0.05) is 18.0 Å². The first-order valence-electron chi connectivity index (χ1n) is 6.35. The Kier molecular flexibility index (Phi) is 3.96. The number of nitrogens with two attached hydrogens (primary N) is 1. The smallest absolute Gasteiger partial charge is 0.271 e. The molecule has 0 aromatic heterocycles. The monoisotopic (exact) mass is 297 g/mol. The highest BCUT2D eigenvalue weighted by Crippen LogP contribution is 2.38. The zero-order chi connectivity index (χ0) is 14.9. The first-order valence-corrected chi connectivity index (χ1v) is 6.73. The Morgan fingerprint density at radius 3 is 2.85 bits per heavy atom. The second-order valence-electron chi connectivity index (χ2n) is 5.29. The van der Waals surface area contributed by atoms with Crippen molar-refractivity contribution >= 4 is 28.9 Å². The summed E-state index contributed by atoms with van der Waals surface area (Å²) in [6.45, 7) is 1.81. The third-order valence-corrected chi connectivity index (χ3v) is 4.29. The van der Waals surface area contributed by atoms with Crippen molar-refractivity contribution in [2.75, 3.05) is 5.32 Å². The van der Waals surface area contributed by atoms with Crippen LogP contribution in [0.15, 0.2) is 18.2 Å². The average molecular weight is 298 g/mol. The Balaban J connectivity index is 2.23. The number of benzene rings is 1. The summed E-state index contributed by atoms with van der Waals surface area (Å²) in [6, 6.07) is 3.73. The Morgan fingerprint density at radius 2 is 2.30 bits per heavy atom. The molecule has 1 aliphatic carbocycles. The Morgan fingerprint density at radius 1 is 1.60 bits per heavy atom. The molecule has 2 rings (SSSR count). The highest BCUT2D eigenvalue weighted by molar-refractivity contribution is 6.33.